The maximum Gasteiger partial charge on any atom is 0.137 e. The maximum atomic E-state index is 13.6. The minimum atomic E-state index is -0.378. The molecule has 0 saturated heterocycles. The Kier molecular flexibility index (Phi) is 4.70. The molecule has 0 heterocycles. The Hall–Kier alpha value is -0.380. The monoisotopic (exact) mass is 404 g/mol. The third kappa shape index (κ3) is 3.04. The van der Waals surface area contributed by atoms with E-state index in [-0.39, 0.29) is 11.2 Å². The van der Waals surface area contributed by atoms with Crippen LogP contribution in [0.15, 0.2) is 39.3 Å². The molecule has 0 aliphatic heterocycles. The van der Waals surface area contributed by atoms with E-state index in [9.17, 15) is 4.39 Å². The van der Waals surface area contributed by atoms with Gasteiger partial charge < -0.3 is 0 Å². The summed E-state index contributed by atoms with van der Waals surface area (Å²) in [6.07, 6.45) is 0. The predicted octanol–water partition coefficient (Wildman–Crippen LogP) is 6.30. The van der Waals surface area contributed by atoms with Crippen molar-refractivity contribution in [2.75, 3.05) is 0 Å². The first-order valence-electron chi connectivity index (χ1n) is 5.76. The SMILES string of the molecule is Cc1cc(C(Cl)c2cccc(F)c2Br)c(C)cc1Br. The van der Waals surface area contributed by atoms with Crippen molar-refractivity contribution in [3.63, 3.8) is 0 Å². The van der Waals surface area contributed by atoms with E-state index in [1.54, 1.807) is 6.07 Å². The summed E-state index contributed by atoms with van der Waals surface area (Å²) in [6, 6.07) is 8.99. The summed E-state index contributed by atoms with van der Waals surface area (Å²) >= 11 is 13.3. The minimum absolute atomic E-state index is 0.297. The molecular weight excluding hydrogens is 394 g/mol. The van der Waals surface area contributed by atoms with Crippen LogP contribution in [0.5, 0.6) is 0 Å². The third-order valence-corrected chi connectivity index (χ3v) is 5.24. The Morgan fingerprint density at radius 3 is 2.42 bits per heavy atom. The fourth-order valence-electron chi connectivity index (χ4n) is 1.96. The molecule has 4 heteroatoms. The highest BCUT2D eigenvalue weighted by Gasteiger charge is 2.18. The summed E-state index contributed by atoms with van der Waals surface area (Å²) < 4.78 is 15.1. The molecule has 1 unspecified atom stereocenters. The number of benzene rings is 2. The topological polar surface area (TPSA) is 0 Å². The fourth-order valence-corrected chi connectivity index (χ4v) is 3.46. The minimum Gasteiger partial charge on any atom is -0.206 e. The molecule has 100 valence electrons. The molecule has 0 aliphatic rings. The fraction of sp³-hybridized carbons (Fsp3) is 0.200. The van der Waals surface area contributed by atoms with Crippen molar-refractivity contribution in [3.05, 3.63) is 67.3 Å². The van der Waals surface area contributed by atoms with Gasteiger partial charge in [-0.3, -0.25) is 0 Å². The van der Waals surface area contributed by atoms with E-state index in [2.05, 4.69) is 31.9 Å². The zero-order valence-electron chi connectivity index (χ0n) is 10.5. The first kappa shape index (κ1) is 15.0. The van der Waals surface area contributed by atoms with Gasteiger partial charge >= 0.3 is 0 Å². The zero-order chi connectivity index (χ0) is 14.2. The lowest BCUT2D eigenvalue weighted by molar-refractivity contribution is 0.618. The second-order valence-electron chi connectivity index (χ2n) is 4.46. The largest absolute Gasteiger partial charge is 0.206 e. The van der Waals surface area contributed by atoms with Crippen molar-refractivity contribution < 1.29 is 4.39 Å². The number of alkyl halides is 1. The van der Waals surface area contributed by atoms with E-state index in [0.717, 1.165) is 26.7 Å². The second-order valence-corrected chi connectivity index (χ2v) is 6.55. The van der Waals surface area contributed by atoms with Crippen molar-refractivity contribution in [1.82, 2.24) is 0 Å². The van der Waals surface area contributed by atoms with Gasteiger partial charge in [0.2, 0.25) is 0 Å². The molecule has 19 heavy (non-hydrogen) atoms. The Labute approximate surface area is 134 Å². The normalized spacial score (nSPS) is 12.5. The summed E-state index contributed by atoms with van der Waals surface area (Å²) in [5, 5.41) is -0.378. The van der Waals surface area contributed by atoms with Gasteiger partial charge in [-0.1, -0.05) is 34.1 Å². The van der Waals surface area contributed by atoms with Crippen molar-refractivity contribution in [3.8, 4) is 0 Å². The molecule has 1 atom stereocenters. The molecule has 2 rings (SSSR count). The zero-order valence-corrected chi connectivity index (χ0v) is 14.4. The van der Waals surface area contributed by atoms with Crippen LogP contribution in [0.25, 0.3) is 0 Å². The highest BCUT2D eigenvalue weighted by Crippen LogP contribution is 2.37. The van der Waals surface area contributed by atoms with E-state index in [1.807, 2.05) is 32.0 Å². The van der Waals surface area contributed by atoms with Crippen LogP contribution in [-0.4, -0.2) is 0 Å². The van der Waals surface area contributed by atoms with Gasteiger partial charge in [0.25, 0.3) is 0 Å². The lowest BCUT2D eigenvalue weighted by Crippen LogP contribution is -2.00. The molecule has 0 radical (unpaired) electrons. The molecule has 0 N–H and O–H groups in total. The molecule has 0 nitrogen and oxygen atoms in total. The molecule has 0 aliphatic carbocycles. The van der Waals surface area contributed by atoms with Gasteiger partial charge in [-0.25, -0.2) is 4.39 Å². The van der Waals surface area contributed by atoms with Gasteiger partial charge in [-0.2, -0.15) is 0 Å². The summed E-state index contributed by atoms with van der Waals surface area (Å²) in [5.74, 6) is -0.297. The van der Waals surface area contributed by atoms with Crippen LogP contribution in [0, 0.1) is 19.7 Å². The number of aryl methyl sites for hydroxylation is 2. The van der Waals surface area contributed by atoms with E-state index < -0.39 is 0 Å². The number of hydrogen-bond acceptors (Lipinski definition) is 0. The Balaban J connectivity index is 2.53. The van der Waals surface area contributed by atoms with E-state index in [0.29, 0.717) is 4.47 Å². The summed E-state index contributed by atoms with van der Waals surface area (Å²) in [7, 11) is 0. The Bertz CT molecular complexity index is 626. The molecule has 0 bridgehead atoms. The van der Waals surface area contributed by atoms with Gasteiger partial charge in [-0.05, 0) is 64.2 Å². The molecule has 0 amide bonds. The highest BCUT2D eigenvalue weighted by atomic mass is 79.9. The summed E-state index contributed by atoms with van der Waals surface area (Å²) in [6.45, 7) is 4.01. The van der Waals surface area contributed by atoms with Crippen LogP contribution in [0.1, 0.15) is 27.6 Å². The lowest BCUT2D eigenvalue weighted by Gasteiger charge is -2.16. The van der Waals surface area contributed by atoms with Crippen molar-refractivity contribution in [2.45, 2.75) is 19.2 Å². The number of hydrogen-bond donors (Lipinski definition) is 0. The number of rotatable bonds is 2. The molecular formula is C15H12Br2ClF. The molecule has 0 saturated carbocycles. The van der Waals surface area contributed by atoms with E-state index in [4.69, 9.17) is 11.6 Å². The van der Waals surface area contributed by atoms with E-state index >= 15 is 0 Å². The molecule has 0 spiro atoms. The van der Waals surface area contributed by atoms with Crippen LogP contribution in [0.3, 0.4) is 0 Å². The molecule has 0 fully saturated rings. The summed E-state index contributed by atoms with van der Waals surface area (Å²) in [4.78, 5) is 0. The predicted molar refractivity (Wildman–Crippen MR) is 85.4 cm³/mol. The maximum absolute atomic E-state index is 13.6. The average Bonchev–Trinajstić information content (AvgIpc) is 2.36. The number of halogens is 4. The second kappa shape index (κ2) is 5.94. The quantitative estimate of drug-likeness (QED) is 0.514. The van der Waals surface area contributed by atoms with Crippen LogP contribution in [-0.2, 0) is 0 Å². The molecule has 0 aromatic heterocycles. The standard InChI is InChI=1S/C15H12Br2ClF/c1-8-7-12(16)9(2)6-11(8)15(18)10-4-3-5-13(19)14(10)17/h3-7,15H,1-2H3. The first-order chi connectivity index (χ1) is 8.91. The van der Waals surface area contributed by atoms with Gasteiger partial charge in [-0.15, -0.1) is 11.6 Å². The first-order valence-corrected chi connectivity index (χ1v) is 7.78. The van der Waals surface area contributed by atoms with Gasteiger partial charge in [0.15, 0.2) is 0 Å². The highest BCUT2D eigenvalue weighted by molar-refractivity contribution is 9.10. The van der Waals surface area contributed by atoms with E-state index in [1.165, 1.54) is 6.07 Å². The van der Waals surface area contributed by atoms with Crippen molar-refractivity contribution in [2.24, 2.45) is 0 Å². The molecule has 2 aromatic rings. The Morgan fingerprint density at radius 2 is 1.74 bits per heavy atom. The van der Waals surface area contributed by atoms with Gasteiger partial charge in [0.05, 0.1) is 9.85 Å². The van der Waals surface area contributed by atoms with Gasteiger partial charge in [0, 0.05) is 4.47 Å². The van der Waals surface area contributed by atoms with Crippen molar-refractivity contribution >= 4 is 43.5 Å². The third-order valence-electron chi connectivity index (χ3n) is 3.07. The van der Waals surface area contributed by atoms with Crippen LogP contribution in [0.4, 0.5) is 4.39 Å². The lowest BCUT2D eigenvalue weighted by atomic mass is 9.98. The van der Waals surface area contributed by atoms with Crippen LogP contribution < -0.4 is 0 Å². The average molecular weight is 407 g/mol. The van der Waals surface area contributed by atoms with Crippen LogP contribution >= 0.6 is 43.5 Å². The smallest absolute Gasteiger partial charge is 0.137 e. The summed E-state index contributed by atoms with van der Waals surface area (Å²) in [5.41, 5.74) is 3.92. The van der Waals surface area contributed by atoms with Gasteiger partial charge in [0.1, 0.15) is 5.82 Å². The molecule has 2 aromatic carbocycles. The Morgan fingerprint density at radius 1 is 1.05 bits per heavy atom. The van der Waals surface area contributed by atoms with Crippen LogP contribution in [0.2, 0.25) is 0 Å². The van der Waals surface area contributed by atoms with Crippen molar-refractivity contribution in [1.29, 1.82) is 0 Å².